The van der Waals surface area contributed by atoms with E-state index in [1.807, 2.05) is 24.3 Å². The van der Waals surface area contributed by atoms with E-state index in [0.717, 1.165) is 11.3 Å². The summed E-state index contributed by atoms with van der Waals surface area (Å²) in [6, 6.07) is 5.88. The van der Waals surface area contributed by atoms with E-state index in [9.17, 15) is 18.4 Å². The van der Waals surface area contributed by atoms with Crippen molar-refractivity contribution in [2.45, 2.75) is 37.1 Å². The summed E-state index contributed by atoms with van der Waals surface area (Å²) in [7, 11) is 0. The standard InChI is InChI=1S/C16H17F2NO4/c17-13(18)7-11(15(21)22)19-14(20)10-8-16(10)5-6-23-12-4-2-1-3-9(12)16/h1-4,10-11,13H,5-8H2,(H,19,20)(H,21,22)/t10-,11?,16-/m0/s1. The van der Waals surface area contributed by atoms with Gasteiger partial charge in [-0.15, -0.1) is 0 Å². The zero-order valence-corrected chi connectivity index (χ0v) is 12.3. The molecule has 1 aliphatic carbocycles. The number of ether oxygens (including phenoxy) is 1. The first-order chi connectivity index (χ1) is 10.9. The SMILES string of the molecule is O=C(O)C(CC(F)F)NC(=O)[C@@H]1C[C@]12CCOc1ccccc12. The number of alkyl halides is 2. The van der Waals surface area contributed by atoms with E-state index in [0.29, 0.717) is 19.4 Å². The number of amides is 1. The van der Waals surface area contributed by atoms with Gasteiger partial charge in [0.1, 0.15) is 11.8 Å². The van der Waals surface area contributed by atoms with Gasteiger partial charge in [0.05, 0.1) is 6.61 Å². The number of rotatable bonds is 5. The maximum absolute atomic E-state index is 12.4. The minimum Gasteiger partial charge on any atom is -0.493 e. The molecule has 1 unspecified atom stereocenters. The maximum Gasteiger partial charge on any atom is 0.326 e. The van der Waals surface area contributed by atoms with Crippen molar-refractivity contribution in [1.82, 2.24) is 5.32 Å². The van der Waals surface area contributed by atoms with Crippen LogP contribution in [0, 0.1) is 5.92 Å². The van der Waals surface area contributed by atoms with Crippen molar-refractivity contribution in [3.05, 3.63) is 29.8 Å². The average Bonchev–Trinajstić information content (AvgIpc) is 3.21. The molecule has 0 bridgehead atoms. The van der Waals surface area contributed by atoms with Crippen molar-refractivity contribution in [3.8, 4) is 5.75 Å². The molecule has 1 aromatic rings. The van der Waals surface area contributed by atoms with Crippen LogP contribution >= 0.6 is 0 Å². The van der Waals surface area contributed by atoms with Crippen molar-refractivity contribution in [3.63, 3.8) is 0 Å². The van der Waals surface area contributed by atoms with Gasteiger partial charge in [-0.1, -0.05) is 18.2 Å². The molecular weight excluding hydrogens is 308 g/mol. The molecule has 124 valence electrons. The van der Waals surface area contributed by atoms with E-state index in [1.165, 1.54) is 0 Å². The van der Waals surface area contributed by atoms with Crippen molar-refractivity contribution < 1.29 is 28.2 Å². The fourth-order valence-electron chi connectivity index (χ4n) is 3.38. The molecule has 0 aromatic heterocycles. The lowest BCUT2D eigenvalue weighted by atomic mass is 9.87. The molecule has 23 heavy (non-hydrogen) atoms. The summed E-state index contributed by atoms with van der Waals surface area (Å²) in [5.74, 6) is -1.58. The van der Waals surface area contributed by atoms with Crippen LogP contribution in [0.5, 0.6) is 5.75 Å². The van der Waals surface area contributed by atoms with Gasteiger partial charge in [-0.25, -0.2) is 13.6 Å². The number of nitrogens with one attached hydrogen (secondary N) is 1. The number of carbonyl (C=O) groups excluding carboxylic acids is 1. The second kappa shape index (κ2) is 5.79. The van der Waals surface area contributed by atoms with Crippen LogP contribution in [0.3, 0.4) is 0 Å². The van der Waals surface area contributed by atoms with Gasteiger partial charge in [0, 0.05) is 23.3 Å². The molecule has 2 N–H and O–H groups in total. The second-order valence-corrected chi connectivity index (χ2v) is 6.03. The molecule has 1 fully saturated rings. The Hall–Kier alpha value is -2.18. The number of hydrogen-bond acceptors (Lipinski definition) is 3. The summed E-state index contributed by atoms with van der Waals surface area (Å²) in [5, 5.41) is 11.2. The van der Waals surface area contributed by atoms with Gasteiger partial charge in [0.2, 0.25) is 12.3 Å². The molecule has 0 saturated heterocycles. The minimum atomic E-state index is -2.78. The Morgan fingerprint density at radius 3 is 2.83 bits per heavy atom. The molecule has 0 radical (unpaired) electrons. The van der Waals surface area contributed by atoms with Gasteiger partial charge in [0.25, 0.3) is 0 Å². The molecule has 5 nitrogen and oxygen atoms in total. The number of carboxylic acids is 1. The van der Waals surface area contributed by atoms with Crippen LogP contribution in [-0.4, -0.2) is 36.1 Å². The van der Waals surface area contributed by atoms with E-state index in [4.69, 9.17) is 9.84 Å². The summed E-state index contributed by atoms with van der Waals surface area (Å²) in [6.45, 7) is 0.486. The van der Waals surface area contributed by atoms with Gasteiger partial charge in [-0.2, -0.15) is 0 Å². The predicted molar refractivity (Wildman–Crippen MR) is 76.5 cm³/mol. The predicted octanol–water partition coefficient (Wildman–Crippen LogP) is 1.95. The minimum absolute atomic E-state index is 0.354. The van der Waals surface area contributed by atoms with Gasteiger partial charge in [0.15, 0.2) is 0 Å². The highest BCUT2D eigenvalue weighted by molar-refractivity contribution is 5.88. The summed E-state index contributed by atoms with van der Waals surface area (Å²) >= 11 is 0. The number of aliphatic carboxylic acids is 1. The summed E-state index contributed by atoms with van der Waals surface area (Å²) in [5.41, 5.74) is 0.583. The zero-order valence-electron chi connectivity index (χ0n) is 12.3. The van der Waals surface area contributed by atoms with E-state index in [2.05, 4.69) is 5.32 Å². The molecule has 1 saturated carbocycles. The van der Waals surface area contributed by atoms with Crippen LogP contribution < -0.4 is 10.1 Å². The molecule has 1 aromatic carbocycles. The van der Waals surface area contributed by atoms with E-state index in [-0.39, 0.29) is 5.41 Å². The van der Waals surface area contributed by atoms with Gasteiger partial charge >= 0.3 is 5.97 Å². The third kappa shape index (κ3) is 2.87. The molecule has 7 heteroatoms. The lowest BCUT2D eigenvalue weighted by Crippen LogP contribution is -2.43. The van der Waals surface area contributed by atoms with Gasteiger partial charge in [-0.3, -0.25) is 4.79 Å². The Kier molecular flexibility index (Phi) is 3.95. The van der Waals surface area contributed by atoms with E-state index in [1.54, 1.807) is 0 Å². The highest BCUT2D eigenvalue weighted by Gasteiger charge is 2.61. The smallest absolute Gasteiger partial charge is 0.326 e. The summed E-state index contributed by atoms with van der Waals surface area (Å²) in [6.07, 6.45) is -2.43. The Labute approximate surface area is 131 Å². The van der Waals surface area contributed by atoms with Crippen LogP contribution in [0.2, 0.25) is 0 Å². The largest absolute Gasteiger partial charge is 0.493 e. The normalized spacial score (nSPS) is 26.3. The molecule has 2 aliphatic rings. The Morgan fingerprint density at radius 2 is 2.13 bits per heavy atom. The first-order valence-corrected chi connectivity index (χ1v) is 7.47. The Bertz CT molecular complexity index is 636. The fraction of sp³-hybridized carbons (Fsp3) is 0.500. The fourth-order valence-corrected chi connectivity index (χ4v) is 3.38. The topological polar surface area (TPSA) is 75.6 Å². The molecule has 1 spiro atoms. The van der Waals surface area contributed by atoms with Crippen LogP contribution in [-0.2, 0) is 15.0 Å². The third-order valence-electron chi connectivity index (χ3n) is 4.65. The first-order valence-electron chi connectivity index (χ1n) is 7.47. The summed E-state index contributed by atoms with van der Waals surface area (Å²) in [4.78, 5) is 23.3. The molecular formula is C16H17F2NO4. The molecule has 3 atom stereocenters. The summed E-state index contributed by atoms with van der Waals surface area (Å²) < 4.78 is 30.4. The number of fused-ring (bicyclic) bond motifs is 2. The van der Waals surface area contributed by atoms with Crippen LogP contribution in [0.15, 0.2) is 24.3 Å². The van der Waals surface area contributed by atoms with Crippen molar-refractivity contribution >= 4 is 11.9 Å². The number of para-hydroxylation sites is 1. The van der Waals surface area contributed by atoms with E-state index < -0.39 is 36.7 Å². The third-order valence-corrected chi connectivity index (χ3v) is 4.65. The van der Waals surface area contributed by atoms with Crippen molar-refractivity contribution in [1.29, 1.82) is 0 Å². The van der Waals surface area contributed by atoms with Crippen LogP contribution in [0.4, 0.5) is 8.78 Å². The van der Waals surface area contributed by atoms with Gasteiger partial charge < -0.3 is 15.2 Å². The number of carbonyl (C=O) groups is 2. The highest BCUT2D eigenvalue weighted by Crippen LogP contribution is 2.60. The molecule has 3 rings (SSSR count). The quantitative estimate of drug-likeness (QED) is 0.868. The van der Waals surface area contributed by atoms with Crippen molar-refractivity contribution in [2.24, 2.45) is 5.92 Å². The van der Waals surface area contributed by atoms with Crippen molar-refractivity contribution in [2.75, 3.05) is 6.61 Å². The average molecular weight is 325 g/mol. The number of halogens is 2. The van der Waals surface area contributed by atoms with Gasteiger partial charge in [-0.05, 0) is 18.9 Å². The molecule has 1 heterocycles. The lowest BCUT2D eigenvalue weighted by Gasteiger charge is -2.27. The Morgan fingerprint density at radius 1 is 1.39 bits per heavy atom. The second-order valence-electron chi connectivity index (χ2n) is 6.03. The molecule has 1 amide bonds. The highest BCUT2D eigenvalue weighted by atomic mass is 19.3. The monoisotopic (exact) mass is 325 g/mol. The number of hydrogen-bond donors (Lipinski definition) is 2. The van der Waals surface area contributed by atoms with E-state index >= 15 is 0 Å². The number of benzene rings is 1. The first kappa shape index (κ1) is 15.7. The Balaban J connectivity index is 1.73. The lowest BCUT2D eigenvalue weighted by molar-refractivity contribution is -0.143. The maximum atomic E-state index is 12.4. The number of carboxylic acid groups (broad SMARTS) is 1. The zero-order chi connectivity index (χ0) is 16.6. The molecule has 1 aliphatic heterocycles. The van der Waals surface area contributed by atoms with Crippen LogP contribution in [0.1, 0.15) is 24.8 Å². The van der Waals surface area contributed by atoms with Crippen LogP contribution in [0.25, 0.3) is 0 Å².